The predicted molar refractivity (Wildman–Crippen MR) is 127 cm³/mol. The number of hydrogen-bond acceptors (Lipinski definition) is 5. The zero-order chi connectivity index (χ0) is 28.3. The number of hydrogen-bond donors (Lipinski definition) is 2. The second-order valence-electron chi connectivity index (χ2n) is 8.26. The van der Waals surface area contributed by atoms with Crippen molar-refractivity contribution >= 4 is 38.4 Å². The molecular weight excluding hydrogens is 540 g/mol. The summed E-state index contributed by atoms with van der Waals surface area (Å²) in [5.41, 5.74) is -1.63. The second-order valence-corrected chi connectivity index (χ2v) is 10.1. The summed E-state index contributed by atoms with van der Waals surface area (Å²) in [5, 5.41) is 2.55. The van der Waals surface area contributed by atoms with Gasteiger partial charge in [-0.3, -0.25) is 14.6 Å². The Hall–Kier alpha value is -3.68. The van der Waals surface area contributed by atoms with Crippen LogP contribution in [0.25, 0.3) is 10.9 Å². The molecule has 0 unspecified atom stereocenters. The van der Waals surface area contributed by atoms with Crippen molar-refractivity contribution in [2.75, 3.05) is 11.1 Å². The molecule has 7 nitrogen and oxygen atoms in total. The minimum atomic E-state index is -5.60. The number of pyridine rings is 1. The Morgan fingerprint density at radius 3 is 2.21 bits per heavy atom. The summed E-state index contributed by atoms with van der Waals surface area (Å²) in [6.45, 7) is 1.78. The monoisotopic (exact) mass is 561 g/mol. The molecule has 0 atom stereocenters. The lowest BCUT2D eigenvalue weighted by Gasteiger charge is -2.22. The van der Waals surface area contributed by atoms with Gasteiger partial charge in [0.15, 0.2) is 5.92 Å². The van der Waals surface area contributed by atoms with E-state index in [-0.39, 0.29) is 33.5 Å². The van der Waals surface area contributed by atoms with E-state index >= 15 is 0 Å². The van der Waals surface area contributed by atoms with Crippen LogP contribution in [0, 0.1) is 0 Å². The van der Waals surface area contributed by atoms with Crippen LogP contribution in [0.15, 0.2) is 54.6 Å². The molecule has 3 rings (SSSR count). The third-order valence-electron chi connectivity index (χ3n) is 5.36. The number of nitrogens with one attached hydrogen (secondary N) is 2. The van der Waals surface area contributed by atoms with E-state index in [1.807, 2.05) is 4.72 Å². The van der Waals surface area contributed by atoms with Gasteiger partial charge in [0.05, 0.1) is 28.2 Å². The number of sulfonamides is 1. The summed E-state index contributed by atoms with van der Waals surface area (Å²) in [4.78, 5) is 28.9. The van der Waals surface area contributed by atoms with Crippen molar-refractivity contribution < 1.29 is 44.3 Å². The van der Waals surface area contributed by atoms with Crippen LogP contribution >= 0.6 is 0 Å². The predicted octanol–water partition coefficient (Wildman–Crippen LogP) is 5.56. The molecule has 0 bridgehead atoms. The SMILES string of the molecule is CCCCS(=O)(=O)NC(=O)c1ccccc1NC(=O)c1ccc2nc(C(C(F)(F)F)C(F)(F)F)ccc2c1. The van der Waals surface area contributed by atoms with Crippen LogP contribution < -0.4 is 10.0 Å². The fourth-order valence-electron chi connectivity index (χ4n) is 3.53. The summed E-state index contributed by atoms with van der Waals surface area (Å²) >= 11 is 0. The molecule has 0 aliphatic rings. The molecule has 2 N–H and O–H groups in total. The van der Waals surface area contributed by atoms with E-state index in [2.05, 4.69) is 10.3 Å². The lowest BCUT2D eigenvalue weighted by atomic mass is 10.0. The number of halogens is 6. The first-order valence-electron chi connectivity index (χ1n) is 11.1. The van der Waals surface area contributed by atoms with Gasteiger partial charge in [0.2, 0.25) is 10.0 Å². The minimum absolute atomic E-state index is 0.0209. The molecule has 2 aromatic carbocycles. The smallest absolute Gasteiger partial charge is 0.321 e. The molecule has 0 saturated heterocycles. The van der Waals surface area contributed by atoms with Crippen molar-refractivity contribution in [2.45, 2.75) is 38.0 Å². The van der Waals surface area contributed by atoms with Crippen molar-refractivity contribution in [1.82, 2.24) is 9.71 Å². The molecule has 0 fully saturated rings. The second kappa shape index (κ2) is 11.0. The van der Waals surface area contributed by atoms with Crippen molar-refractivity contribution in [3.05, 3.63) is 71.4 Å². The highest BCUT2D eigenvalue weighted by Crippen LogP contribution is 2.45. The van der Waals surface area contributed by atoms with Crippen molar-refractivity contribution in [3.8, 4) is 0 Å². The van der Waals surface area contributed by atoms with Crippen molar-refractivity contribution in [1.29, 1.82) is 0 Å². The molecule has 0 spiro atoms. The molecule has 204 valence electrons. The third kappa shape index (κ3) is 7.00. The number of para-hydroxylation sites is 1. The molecule has 1 aromatic heterocycles. The maximum atomic E-state index is 13.0. The lowest BCUT2D eigenvalue weighted by molar-refractivity contribution is -0.254. The van der Waals surface area contributed by atoms with E-state index in [0.29, 0.717) is 18.9 Å². The van der Waals surface area contributed by atoms with Gasteiger partial charge in [-0.15, -0.1) is 0 Å². The largest absolute Gasteiger partial charge is 0.406 e. The van der Waals surface area contributed by atoms with Crippen molar-refractivity contribution in [2.24, 2.45) is 0 Å². The Morgan fingerprint density at radius 1 is 0.921 bits per heavy atom. The van der Waals surface area contributed by atoms with E-state index < -0.39 is 45.8 Å². The van der Waals surface area contributed by atoms with Crippen LogP contribution in [0.4, 0.5) is 32.0 Å². The van der Waals surface area contributed by atoms with Gasteiger partial charge in [-0.25, -0.2) is 13.1 Å². The maximum Gasteiger partial charge on any atom is 0.406 e. The van der Waals surface area contributed by atoms with Crippen LogP contribution in [0.3, 0.4) is 0 Å². The van der Waals surface area contributed by atoms with E-state index in [0.717, 1.165) is 18.2 Å². The third-order valence-corrected chi connectivity index (χ3v) is 6.68. The van der Waals surface area contributed by atoms with Gasteiger partial charge in [-0.1, -0.05) is 31.5 Å². The number of rotatable bonds is 8. The van der Waals surface area contributed by atoms with Gasteiger partial charge in [0.1, 0.15) is 0 Å². The zero-order valence-electron chi connectivity index (χ0n) is 19.7. The Bertz CT molecular complexity index is 1440. The molecule has 14 heteroatoms. The van der Waals surface area contributed by atoms with Crippen LogP contribution in [0.2, 0.25) is 0 Å². The Kier molecular flexibility index (Phi) is 8.34. The van der Waals surface area contributed by atoms with Crippen molar-refractivity contribution in [3.63, 3.8) is 0 Å². The number of aromatic nitrogens is 1. The first kappa shape index (κ1) is 28.9. The number of amides is 2. The normalized spacial score (nSPS) is 12.5. The summed E-state index contributed by atoms with van der Waals surface area (Å²) in [6, 6.07) is 10.6. The number of carbonyl (C=O) groups is 2. The van der Waals surface area contributed by atoms with Gasteiger partial charge in [0, 0.05) is 10.9 Å². The first-order valence-corrected chi connectivity index (χ1v) is 12.8. The number of fused-ring (bicyclic) bond motifs is 1. The molecule has 3 aromatic rings. The summed E-state index contributed by atoms with van der Waals surface area (Å²) < 4.78 is 104. The molecule has 0 aliphatic carbocycles. The number of unbranched alkanes of at least 4 members (excludes halogenated alkanes) is 1. The highest BCUT2D eigenvalue weighted by Gasteiger charge is 2.58. The lowest BCUT2D eigenvalue weighted by Crippen LogP contribution is -2.34. The first-order chi connectivity index (χ1) is 17.6. The molecule has 0 radical (unpaired) electrons. The topological polar surface area (TPSA) is 105 Å². The maximum absolute atomic E-state index is 13.0. The zero-order valence-corrected chi connectivity index (χ0v) is 20.5. The summed E-state index contributed by atoms with van der Waals surface area (Å²) in [6.07, 6.45) is -10.3. The van der Waals surface area contributed by atoms with Crippen LogP contribution in [-0.2, 0) is 10.0 Å². The van der Waals surface area contributed by atoms with Crippen LogP contribution in [0.1, 0.15) is 52.1 Å². The van der Waals surface area contributed by atoms with Gasteiger partial charge in [-0.05, 0) is 42.8 Å². The van der Waals surface area contributed by atoms with E-state index in [4.69, 9.17) is 0 Å². The van der Waals surface area contributed by atoms with Gasteiger partial charge < -0.3 is 5.32 Å². The highest BCUT2D eigenvalue weighted by atomic mass is 32.2. The van der Waals surface area contributed by atoms with Crippen LogP contribution in [0.5, 0.6) is 0 Å². The number of benzene rings is 2. The van der Waals surface area contributed by atoms with E-state index in [1.54, 1.807) is 6.92 Å². The Balaban J connectivity index is 1.85. The quantitative estimate of drug-likeness (QED) is 0.351. The van der Waals surface area contributed by atoms with Gasteiger partial charge in [-0.2, -0.15) is 26.3 Å². The fourth-order valence-corrected chi connectivity index (χ4v) is 4.69. The van der Waals surface area contributed by atoms with E-state index in [1.165, 1.54) is 30.3 Å². The number of alkyl halides is 6. The number of nitrogens with zero attached hydrogens (tertiary/aromatic N) is 1. The van der Waals surface area contributed by atoms with Crippen LogP contribution in [-0.4, -0.2) is 43.3 Å². The molecular formula is C24H21F6N3O4S. The summed E-state index contributed by atoms with van der Waals surface area (Å²) in [7, 11) is -3.90. The minimum Gasteiger partial charge on any atom is -0.321 e. The molecule has 1 heterocycles. The average molecular weight is 562 g/mol. The Labute approximate surface area is 213 Å². The number of anilines is 1. The van der Waals surface area contributed by atoms with Gasteiger partial charge >= 0.3 is 12.4 Å². The molecule has 38 heavy (non-hydrogen) atoms. The molecule has 2 amide bonds. The number of carbonyl (C=O) groups excluding carboxylic acids is 2. The van der Waals surface area contributed by atoms with E-state index in [9.17, 15) is 44.3 Å². The molecule has 0 aliphatic heterocycles. The molecule has 0 saturated carbocycles. The highest BCUT2D eigenvalue weighted by molar-refractivity contribution is 7.90. The average Bonchev–Trinajstić information content (AvgIpc) is 2.80. The Morgan fingerprint density at radius 2 is 1.58 bits per heavy atom. The fraction of sp³-hybridized carbons (Fsp3) is 0.292. The standard InChI is InChI=1S/C24H21F6N3O4S/c1-2-3-12-38(36,37)33-22(35)16-6-4-5-7-18(16)32-21(34)15-9-10-17-14(13-15)8-11-19(31-17)20(23(25,26)27)24(28,29)30/h4-11,13,20H,2-3,12H2,1H3,(H,32,34)(H,33,35). The van der Waals surface area contributed by atoms with Gasteiger partial charge in [0.25, 0.3) is 11.8 Å². The summed E-state index contributed by atoms with van der Waals surface area (Å²) in [5.74, 6) is -5.76.